The number of nitrogens with two attached hydrogens (primary N) is 1. The maximum Gasteiger partial charge on any atom is 0.253 e. The van der Waals surface area contributed by atoms with E-state index in [-0.39, 0.29) is 36.8 Å². The fourth-order valence-electron chi connectivity index (χ4n) is 3.76. The molecule has 5 nitrogen and oxygen atoms in total. The molecule has 0 saturated heterocycles. The smallest absolute Gasteiger partial charge is 0.253 e. The van der Waals surface area contributed by atoms with Gasteiger partial charge >= 0.3 is 0 Å². The number of halogens is 2. The summed E-state index contributed by atoms with van der Waals surface area (Å²) in [5, 5.41) is 3.22. The third kappa shape index (κ3) is 4.58. The van der Waals surface area contributed by atoms with Gasteiger partial charge in [0.1, 0.15) is 5.82 Å². The first-order valence-electron chi connectivity index (χ1n) is 8.73. The highest BCUT2D eigenvalue weighted by atomic mass is 35.5. The van der Waals surface area contributed by atoms with Gasteiger partial charge in [-0.3, -0.25) is 4.79 Å². The molecular weight excluding hydrogens is 371 g/mol. The summed E-state index contributed by atoms with van der Waals surface area (Å²) in [5.74, 6) is 1.22. The summed E-state index contributed by atoms with van der Waals surface area (Å²) in [6, 6.07) is 7.93. The molecule has 1 aliphatic rings. The fraction of sp³-hybridized carbons (Fsp3) is 0.474. The Labute approximate surface area is 167 Å². The van der Waals surface area contributed by atoms with Crippen LogP contribution in [-0.2, 0) is 0 Å². The molecule has 2 aromatic rings. The number of nitrogens with zero attached hydrogens (tertiary/aromatic N) is 2. The van der Waals surface area contributed by atoms with Gasteiger partial charge in [-0.25, -0.2) is 4.98 Å². The molecular formula is C19H28Cl2N4O. The normalized spacial score (nSPS) is 19.2. The average molecular weight is 399 g/mol. The van der Waals surface area contributed by atoms with E-state index >= 15 is 0 Å². The average Bonchev–Trinajstić information content (AvgIpc) is 2.90. The number of carbonyl (C=O) groups is 1. The van der Waals surface area contributed by atoms with E-state index in [2.05, 4.69) is 10.3 Å². The number of pyridine rings is 1. The van der Waals surface area contributed by atoms with E-state index in [9.17, 15) is 4.79 Å². The lowest BCUT2D eigenvalue weighted by Gasteiger charge is -2.31. The SMILES string of the molecule is Cc1cc(C(=O)NC2CCCCC2CN)c(C)n1-c1ccccn1.Cl.Cl. The number of nitrogens with one attached hydrogen (secondary N) is 1. The Kier molecular flexibility index (Phi) is 8.60. The first kappa shape index (κ1) is 22.5. The van der Waals surface area contributed by atoms with E-state index in [4.69, 9.17) is 5.73 Å². The molecule has 3 N–H and O–H groups in total. The van der Waals surface area contributed by atoms with Crippen LogP contribution in [0.5, 0.6) is 0 Å². The van der Waals surface area contributed by atoms with Crippen LogP contribution in [0.1, 0.15) is 47.4 Å². The highest BCUT2D eigenvalue weighted by Crippen LogP contribution is 2.25. The van der Waals surface area contributed by atoms with Crippen LogP contribution < -0.4 is 11.1 Å². The van der Waals surface area contributed by atoms with Gasteiger partial charge in [0.2, 0.25) is 0 Å². The van der Waals surface area contributed by atoms with Crippen molar-refractivity contribution in [3.63, 3.8) is 0 Å². The van der Waals surface area contributed by atoms with Gasteiger partial charge in [0.15, 0.2) is 0 Å². The number of aryl methyl sites for hydroxylation is 1. The summed E-state index contributed by atoms with van der Waals surface area (Å²) in [6.45, 7) is 4.61. The Morgan fingerprint density at radius 1 is 1.27 bits per heavy atom. The second kappa shape index (κ2) is 9.95. The Hall–Kier alpha value is -1.56. The summed E-state index contributed by atoms with van der Waals surface area (Å²) in [5.41, 5.74) is 8.53. The molecule has 1 saturated carbocycles. The van der Waals surface area contributed by atoms with Gasteiger partial charge in [-0.2, -0.15) is 0 Å². The van der Waals surface area contributed by atoms with Crippen LogP contribution in [-0.4, -0.2) is 28.0 Å². The Bertz CT molecular complexity index is 718. The molecule has 7 heteroatoms. The predicted molar refractivity (Wildman–Crippen MR) is 110 cm³/mol. The van der Waals surface area contributed by atoms with Crippen molar-refractivity contribution < 1.29 is 4.79 Å². The van der Waals surface area contributed by atoms with Gasteiger partial charge in [-0.15, -0.1) is 24.8 Å². The van der Waals surface area contributed by atoms with Crippen LogP contribution in [0.2, 0.25) is 0 Å². The first-order valence-corrected chi connectivity index (χ1v) is 8.73. The minimum Gasteiger partial charge on any atom is -0.349 e. The van der Waals surface area contributed by atoms with Crippen molar-refractivity contribution in [1.82, 2.24) is 14.9 Å². The van der Waals surface area contributed by atoms with E-state index in [1.54, 1.807) is 6.20 Å². The van der Waals surface area contributed by atoms with Crippen LogP contribution in [0.25, 0.3) is 5.82 Å². The van der Waals surface area contributed by atoms with E-state index in [1.807, 2.05) is 42.7 Å². The van der Waals surface area contributed by atoms with E-state index in [0.29, 0.717) is 12.5 Å². The van der Waals surface area contributed by atoms with Gasteiger partial charge in [0, 0.05) is 23.6 Å². The molecule has 3 rings (SSSR count). The number of hydrogen-bond acceptors (Lipinski definition) is 3. The van der Waals surface area contributed by atoms with Gasteiger partial charge < -0.3 is 15.6 Å². The maximum absolute atomic E-state index is 12.8. The molecule has 0 aromatic carbocycles. The van der Waals surface area contributed by atoms with Crippen LogP contribution >= 0.6 is 24.8 Å². The topological polar surface area (TPSA) is 72.9 Å². The Balaban J connectivity index is 0.00000169. The maximum atomic E-state index is 12.8. The molecule has 2 atom stereocenters. The summed E-state index contributed by atoms with van der Waals surface area (Å²) in [7, 11) is 0. The van der Waals surface area contributed by atoms with Gasteiger partial charge in [-0.1, -0.05) is 18.9 Å². The zero-order valence-corrected chi connectivity index (χ0v) is 16.9. The number of hydrogen-bond donors (Lipinski definition) is 2. The molecule has 2 aromatic heterocycles. The number of amides is 1. The van der Waals surface area contributed by atoms with Crippen molar-refractivity contribution in [1.29, 1.82) is 0 Å². The van der Waals surface area contributed by atoms with Crippen LogP contribution in [0.3, 0.4) is 0 Å². The van der Waals surface area contributed by atoms with Crippen molar-refractivity contribution in [2.45, 2.75) is 45.6 Å². The quantitative estimate of drug-likeness (QED) is 0.826. The van der Waals surface area contributed by atoms with Crippen molar-refractivity contribution in [3.05, 3.63) is 47.4 Å². The zero-order chi connectivity index (χ0) is 17.1. The van der Waals surface area contributed by atoms with Crippen LogP contribution in [0.4, 0.5) is 0 Å². The lowest BCUT2D eigenvalue weighted by atomic mass is 9.84. The van der Waals surface area contributed by atoms with Gasteiger partial charge in [0.05, 0.1) is 5.56 Å². The van der Waals surface area contributed by atoms with Crippen LogP contribution in [0.15, 0.2) is 30.5 Å². The zero-order valence-electron chi connectivity index (χ0n) is 15.3. The first-order chi connectivity index (χ1) is 11.6. The molecule has 0 aliphatic heterocycles. The highest BCUT2D eigenvalue weighted by Gasteiger charge is 2.27. The number of aromatic nitrogens is 2. The minimum atomic E-state index is -0.00405. The van der Waals surface area contributed by atoms with Crippen molar-refractivity contribution in [3.8, 4) is 5.82 Å². The van der Waals surface area contributed by atoms with E-state index in [0.717, 1.165) is 42.0 Å². The molecule has 0 spiro atoms. The molecule has 2 heterocycles. The number of rotatable bonds is 4. The summed E-state index contributed by atoms with van der Waals surface area (Å²) >= 11 is 0. The number of carbonyl (C=O) groups excluding carboxylic acids is 1. The Morgan fingerprint density at radius 3 is 2.65 bits per heavy atom. The van der Waals surface area contributed by atoms with Crippen molar-refractivity contribution in [2.75, 3.05) is 6.54 Å². The standard InChI is InChI=1S/C19H26N4O.2ClH/c1-13-11-16(14(2)23(13)18-9-5-6-10-21-18)19(24)22-17-8-4-3-7-15(17)12-20;;/h5-6,9-11,15,17H,3-4,7-8,12,20H2,1-2H3,(H,22,24);2*1H. The predicted octanol–water partition coefficient (Wildman–Crippen LogP) is 3.58. The fourth-order valence-corrected chi connectivity index (χ4v) is 3.76. The second-order valence-electron chi connectivity index (χ2n) is 6.67. The lowest BCUT2D eigenvalue weighted by molar-refractivity contribution is 0.0907. The summed E-state index contributed by atoms with van der Waals surface area (Å²) in [6.07, 6.45) is 6.26. The molecule has 0 radical (unpaired) electrons. The molecule has 0 bridgehead atoms. The largest absolute Gasteiger partial charge is 0.349 e. The molecule has 26 heavy (non-hydrogen) atoms. The van der Waals surface area contributed by atoms with Crippen molar-refractivity contribution in [2.24, 2.45) is 11.7 Å². The Morgan fingerprint density at radius 2 is 2.00 bits per heavy atom. The second-order valence-corrected chi connectivity index (χ2v) is 6.67. The third-order valence-electron chi connectivity index (χ3n) is 5.08. The molecule has 1 fully saturated rings. The molecule has 1 aliphatic carbocycles. The van der Waals surface area contributed by atoms with Gasteiger partial charge in [0.25, 0.3) is 5.91 Å². The minimum absolute atomic E-state index is 0. The highest BCUT2D eigenvalue weighted by molar-refractivity contribution is 5.96. The summed E-state index contributed by atoms with van der Waals surface area (Å²) < 4.78 is 2.02. The summed E-state index contributed by atoms with van der Waals surface area (Å²) in [4.78, 5) is 17.2. The lowest BCUT2D eigenvalue weighted by Crippen LogP contribution is -2.44. The van der Waals surface area contributed by atoms with E-state index in [1.165, 1.54) is 6.42 Å². The molecule has 144 valence electrons. The van der Waals surface area contributed by atoms with Crippen molar-refractivity contribution >= 4 is 30.7 Å². The van der Waals surface area contributed by atoms with Crippen LogP contribution in [0, 0.1) is 19.8 Å². The third-order valence-corrected chi connectivity index (χ3v) is 5.08. The molecule has 1 amide bonds. The monoisotopic (exact) mass is 398 g/mol. The van der Waals surface area contributed by atoms with E-state index < -0.39 is 0 Å². The van der Waals surface area contributed by atoms with Gasteiger partial charge in [-0.05, 0) is 57.4 Å². The molecule has 2 unspecified atom stereocenters.